The summed E-state index contributed by atoms with van der Waals surface area (Å²) >= 11 is 0. The lowest BCUT2D eigenvalue weighted by Crippen LogP contribution is -2.05. The highest BCUT2D eigenvalue weighted by molar-refractivity contribution is 5.92. The molecule has 1 rings (SSSR count). The minimum atomic E-state index is -1.39. The molecule has 1 N–H and O–H groups in total. The van der Waals surface area contributed by atoms with Crippen molar-refractivity contribution in [1.82, 2.24) is 0 Å². The molecule has 0 fully saturated rings. The first-order valence-corrected chi connectivity index (χ1v) is 5.50. The number of azide groups is 1. The molecule has 0 heterocycles. The number of hydrogen-bond acceptors (Lipinski definition) is 4. The van der Waals surface area contributed by atoms with Crippen molar-refractivity contribution in [2.45, 2.75) is 0 Å². The average molecular weight is 281 g/mol. The zero-order valence-corrected chi connectivity index (χ0v) is 10.6. The van der Waals surface area contributed by atoms with E-state index < -0.39 is 17.5 Å². The van der Waals surface area contributed by atoms with E-state index >= 15 is 0 Å². The monoisotopic (exact) mass is 281 g/mol. The molecule has 0 aliphatic rings. The third-order valence-corrected chi connectivity index (χ3v) is 2.18. The third kappa shape index (κ3) is 4.60. The minimum absolute atomic E-state index is 0.133. The quantitative estimate of drug-likeness (QED) is 0.272. The average Bonchev–Trinajstić information content (AvgIpc) is 2.41. The maximum absolute atomic E-state index is 13.2. The van der Waals surface area contributed by atoms with Gasteiger partial charge in [-0.05, 0) is 23.7 Å². The Morgan fingerprint density at radius 2 is 2.30 bits per heavy atom. The molecule has 0 aromatic heterocycles. The number of ether oxygens (including phenoxy) is 2. The highest BCUT2D eigenvalue weighted by Gasteiger charge is 2.09. The van der Waals surface area contributed by atoms with Crippen molar-refractivity contribution >= 4 is 12.0 Å². The Morgan fingerprint density at radius 3 is 2.90 bits per heavy atom. The molecule has 1 aromatic rings. The van der Waals surface area contributed by atoms with Crippen molar-refractivity contribution in [2.24, 2.45) is 5.11 Å². The first-order chi connectivity index (χ1) is 9.58. The largest absolute Gasteiger partial charge is 0.490 e. The Labute approximate surface area is 113 Å². The number of carboxylic acid groups (broad SMARTS) is 1. The summed E-state index contributed by atoms with van der Waals surface area (Å²) in [6, 6.07) is 3.58. The Morgan fingerprint density at radius 1 is 1.55 bits per heavy atom. The van der Waals surface area contributed by atoms with Crippen LogP contribution in [-0.4, -0.2) is 31.4 Å². The van der Waals surface area contributed by atoms with Gasteiger partial charge >= 0.3 is 5.97 Å². The van der Waals surface area contributed by atoms with E-state index in [4.69, 9.17) is 20.1 Å². The van der Waals surface area contributed by atoms with E-state index in [1.165, 1.54) is 13.2 Å². The number of carbonyl (C=O) groups is 1. The van der Waals surface area contributed by atoms with Crippen molar-refractivity contribution in [3.8, 4) is 5.75 Å². The van der Waals surface area contributed by atoms with Crippen LogP contribution >= 0.6 is 0 Å². The number of nitrogens with zero attached hydrogens (tertiary/aromatic N) is 3. The first kappa shape index (κ1) is 15.5. The van der Waals surface area contributed by atoms with Gasteiger partial charge in [-0.25, -0.2) is 9.18 Å². The summed E-state index contributed by atoms with van der Waals surface area (Å²) in [4.78, 5) is 13.3. The number of benzene rings is 1. The molecule has 0 spiro atoms. The number of rotatable bonds is 7. The molecule has 8 heteroatoms. The molecular weight excluding hydrogens is 269 g/mol. The topological polar surface area (TPSA) is 105 Å². The third-order valence-electron chi connectivity index (χ3n) is 2.18. The van der Waals surface area contributed by atoms with Crippen LogP contribution in [0.2, 0.25) is 0 Å². The van der Waals surface area contributed by atoms with E-state index in [-0.39, 0.29) is 17.9 Å². The Bertz CT molecular complexity index is 564. The molecular formula is C12H12FN3O4. The molecule has 0 radical (unpaired) electrons. The number of aliphatic carboxylic acids is 1. The van der Waals surface area contributed by atoms with Gasteiger partial charge in [-0.3, -0.25) is 0 Å². The van der Waals surface area contributed by atoms with Gasteiger partial charge in [-0.1, -0.05) is 5.11 Å². The van der Waals surface area contributed by atoms with Gasteiger partial charge in [0, 0.05) is 23.7 Å². The van der Waals surface area contributed by atoms with Crippen molar-refractivity contribution < 1.29 is 23.8 Å². The van der Waals surface area contributed by atoms with E-state index in [9.17, 15) is 9.18 Å². The smallest absolute Gasteiger partial charge is 0.338 e. The number of hydrogen-bond donors (Lipinski definition) is 1. The molecule has 0 saturated carbocycles. The molecule has 0 aliphatic carbocycles. The van der Waals surface area contributed by atoms with Gasteiger partial charge in [0.2, 0.25) is 0 Å². The summed E-state index contributed by atoms with van der Waals surface area (Å²) in [6.45, 7) is 0.465. The first-order valence-electron chi connectivity index (χ1n) is 5.50. The minimum Gasteiger partial charge on any atom is -0.490 e. The molecule has 20 heavy (non-hydrogen) atoms. The summed E-state index contributed by atoms with van der Waals surface area (Å²) in [6.07, 6.45) is 1.10. The SMILES string of the molecule is COCCOc1cc(F)ccc1/C=C(\N=[N+]=[N-])C(=O)O. The molecule has 0 saturated heterocycles. The van der Waals surface area contributed by atoms with E-state index in [1.807, 2.05) is 0 Å². The standard InChI is InChI=1S/C12H12FN3O4/c1-19-4-5-20-11-7-9(13)3-2-8(11)6-10(12(17)18)15-16-14/h2-3,6-7H,4-5H2,1H3,(H,17,18)/b10-6-. The van der Waals surface area contributed by atoms with E-state index in [2.05, 4.69) is 10.0 Å². The molecule has 0 unspecified atom stereocenters. The van der Waals surface area contributed by atoms with Gasteiger partial charge in [-0.2, -0.15) is 0 Å². The van der Waals surface area contributed by atoms with E-state index in [1.54, 1.807) is 0 Å². The maximum Gasteiger partial charge on any atom is 0.338 e. The fourth-order valence-corrected chi connectivity index (χ4v) is 1.32. The molecule has 0 aliphatic heterocycles. The lowest BCUT2D eigenvalue weighted by Gasteiger charge is -2.09. The van der Waals surface area contributed by atoms with Crippen LogP contribution in [0.5, 0.6) is 5.75 Å². The van der Waals surface area contributed by atoms with Crippen molar-refractivity contribution in [3.63, 3.8) is 0 Å². The molecule has 7 nitrogen and oxygen atoms in total. The second kappa shape index (κ2) is 7.78. The molecule has 0 bridgehead atoms. The van der Waals surface area contributed by atoms with Crippen molar-refractivity contribution in [2.75, 3.05) is 20.3 Å². The molecule has 1 aromatic carbocycles. The maximum atomic E-state index is 13.2. The van der Waals surface area contributed by atoms with Crippen molar-refractivity contribution in [1.29, 1.82) is 0 Å². The van der Waals surface area contributed by atoms with Crippen LogP contribution in [-0.2, 0) is 9.53 Å². The Kier molecular flexibility index (Phi) is 6.02. The second-order valence-electron chi connectivity index (χ2n) is 3.55. The van der Waals surface area contributed by atoms with Gasteiger partial charge in [0.05, 0.1) is 6.61 Å². The predicted octanol–water partition coefficient (Wildman–Crippen LogP) is 2.59. The molecule has 106 valence electrons. The van der Waals surface area contributed by atoms with Crippen LogP contribution in [0.1, 0.15) is 5.56 Å². The zero-order valence-electron chi connectivity index (χ0n) is 10.6. The summed E-state index contributed by atoms with van der Waals surface area (Å²) in [5, 5.41) is 11.9. The fraction of sp³-hybridized carbons (Fsp3) is 0.250. The fourth-order valence-electron chi connectivity index (χ4n) is 1.32. The number of halogens is 1. The predicted molar refractivity (Wildman–Crippen MR) is 68.5 cm³/mol. The van der Waals surface area contributed by atoms with E-state index in [0.29, 0.717) is 6.61 Å². The lowest BCUT2D eigenvalue weighted by molar-refractivity contribution is -0.132. The summed E-state index contributed by atoms with van der Waals surface area (Å²) in [7, 11) is 1.49. The van der Waals surface area contributed by atoms with Crippen LogP contribution in [0.25, 0.3) is 16.5 Å². The Hall–Kier alpha value is -2.57. The van der Waals surface area contributed by atoms with Gasteiger partial charge < -0.3 is 14.6 Å². The van der Waals surface area contributed by atoms with Crippen molar-refractivity contribution in [3.05, 3.63) is 45.7 Å². The van der Waals surface area contributed by atoms with Crippen LogP contribution in [0.4, 0.5) is 4.39 Å². The highest BCUT2D eigenvalue weighted by atomic mass is 19.1. The summed E-state index contributed by atoms with van der Waals surface area (Å²) < 4.78 is 23.2. The lowest BCUT2D eigenvalue weighted by atomic mass is 10.1. The van der Waals surface area contributed by atoms with Gasteiger partial charge in [-0.15, -0.1) is 0 Å². The number of methoxy groups -OCH3 is 1. The highest BCUT2D eigenvalue weighted by Crippen LogP contribution is 2.23. The van der Waals surface area contributed by atoms with Crippen LogP contribution in [0.15, 0.2) is 29.0 Å². The van der Waals surface area contributed by atoms with Gasteiger partial charge in [0.15, 0.2) is 0 Å². The molecule has 0 atom stereocenters. The van der Waals surface area contributed by atoms with Crippen LogP contribution in [0.3, 0.4) is 0 Å². The number of carboxylic acids is 1. The van der Waals surface area contributed by atoms with Crippen LogP contribution in [0, 0.1) is 5.82 Å². The van der Waals surface area contributed by atoms with Crippen LogP contribution < -0.4 is 4.74 Å². The molecule has 0 amide bonds. The summed E-state index contributed by atoms with van der Waals surface area (Å²) in [5.74, 6) is -1.79. The second-order valence-corrected chi connectivity index (χ2v) is 3.55. The summed E-state index contributed by atoms with van der Waals surface area (Å²) in [5.41, 5.74) is 8.06. The van der Waals surface area contributed by atoms with Gasteiger partial charge in [0.25, 0.3) is 0 Å². The van der Waals surface area contributed by atoms with Gasteiger partial charge in [0.1, 0.15) is 23.9 Å². The zero-order chi connectivity index (χ0) is 15.0. The Balaban J connectivity index is 3.12. The van der Waals surface area contributed by atoms with E-state index in [0.717, 1.165) is 18.2 Å². The normalized spacial score (nSPS) is 10.8.